The molecule has 0 aromatic heterocycles. The lowest BCUT2D eigenvalue weighted by Gasteiger charge is -2.46. The molecule has 4 atom stereocenters. The van der Waals surface area contributed by atoms with Crippen molar-refractivity contribution in [2.45, 2.75) is 64.2 Å². The second-order valence-corrected chi connectivity index (χ2v) is 6.08. The fourth-order valence-electron chi connectivity index (χ4n) is 4.59. The van der Waals surface area contributed by atoms with Crippen molar-refractivity contribution < 1.29 is 0 Å². The second-order valence-electron chi connectivity index (χ2n) is 6.08. The summed E-state index contributed by atoms with van der Waals surface area (Å²) in [6.45, 7) is 0. The van der Waals surface area contributed by atoms with Gasteiger partial charge in [-0.2, -0.15) is 0 Å². The summed E-state index contributed by atoms with van der Waals surface area (Å²) in [5.41, 5.74) is 0. The normalized spacial score (nSPS) is 48.0. The van der Waals surface area contributed by atoms with Crippen molar-refractivity contribution in [3.8, 4) is 0 Å². The van der Waals surface area contributed by atoms with Crippen LogP contribution in [0.25, 0.3) is 0 Å². The van der Waals surface area contributed by atoms with Crippen molar-refractivity contribution in [3.63, 3.8) is 0 Å². The average Bonchev–Trinajstić information content (AvgIpc) is 2.26. The van der Waals surface area contributed by atoms with E-state index in [9.17, 15) is 0 Å². The quantitative estimate of drug-likeness (QED) is 0.534. The lowest BCUT2D eigenvalue weighted by Crippen LogP contribution is -2.35. The molecule has 0 amide bonds. The third kappa shape index (κ3) is 1.61. The Morgan fingerprint density at radius 3 is 1.00 bits per heavy atom. The summed E-state index contributed by atoms with van der Waals surface area (Å²) < 4.78 is 0. The van der Waals surface area contributed by atoms with Gasteiger partial charge in [-0.3, -0.25) is 0 Å². The number of hydrogen-bond donors (Lipinski definition) is 0. The van der Waals surface area contributed by atoms with E-state index in [0.29, 0.717) is 0 Å². The van der Waals surface area contributed by atoms with Crippen LogP contribution in [-0.4, -0.2) is 0 Å². The zero-order valence-corrected chi connectivity index (χ0v) is 9.38. The molecule has 0 bridgehead atoms. The number of rotatable bonds is 0. The van der Waals surface area contributed by atoms with E-state index in [1.54, 1.807) is 64.2 Å². The van der Waals surface area contributed by atoms with E-state index < -0.39 is 0 Å². The van der Waals surface area contributed by atoms with Crippen LogP contribution in [0.5, 0.6) is 0 Å². The first-order valence-electron chi connectivity index (χ1n) is 6.93. The third-order valence-corrected chi connectivity index (χ3v) is 5.34. The molecule has 3 fully saturated rings. The van der Waals surface area contributed by atoms with Gasteiger partial charge in [-0.1, -0.05) is 51.4 Å². The standard InChI is InChI=1S/C14H24/c1-2-6-12-10-14-8-4-3-7-13(14)9-11(12)5-1/h11-14H,1-10H2/t11-,12+,13+,14-. The molecule has 0 saturated heterocycles. The molecule has 0 N–H and O–H groups in total. The van der Waals surface area contributed by atoms with Gasteiger partial charge in [-0.15, -0.1) is 0 Å². The van der Waals surface area contributed by atoms with Crippen molar-refractivity contribution in [2.24, 2.45) is 23.7 Å². The summed E-state index contributed by atoms with van der Waals surface area (Å²) in [7, 11) is 0. The van der Waals surface area contributed by atoms with Crippen molar-refractivity contribution in [1.29, 1.82) is 0 Å². The monoisotopic (exact) mass is 192 g/mol. The van der Waals surface area contributed by atoms with Crippen LogP contribution in [0, 0.1) is 23.7 Å². The molecule has 0 heterocycles. The van der Waals surface area contributed by atoms with Gasteiger partial charge in [0.05, 0.1) is 0 Å². The summed E-state index contributed by atoms with van der Waals surface area (Å²) in [6.07, 6.45) is 15.7. The van der Waals surface area contributed by atoms with Crippen LogP contribution in [0.2, 0.25) is 0 Å². The van der Waals surface area contributed by atoms with Gasteiger partial charge in [0.15, 0.2) is 0 Å². The van der Waals surface area contributed by atoms with E-state index in [1.807, 2.05) is 0 Å². The third-order valence-electron chi connectivity index (χ3n) is 5.34. The van der Waals surface area contributed by atoms with Crippen molar-refractivity contribution in [1.82, 2.24) is 0 Å². The molecule has 0 aromatic rings. The summed E-state index contributed by atoms with van der Waals surface area (Å²) in [6, 6.07) is 0. The van der Waals surface area contributed by atoms with Gasteiger partial charge in [0.1, 0.15) is 0 Å². The molecule has 0 aromatic carbocycles. The van der Waals surface area contributed by atoms with E-state index in [0.717, 1.165) is 23.7 Å². The summed E-state index contributed by atoms with van der Waals surface area (Å²) in [4.78, 5) is 0. The highest BCUT2D eigenvalue weighted by atomic mass is 14.4. The number of fused-ring (bicyclic) bond motifs is 2. The molecule has 80 valence electrons. The molecule has 0 aliphatic heterocycles. The summed E-state index contributed by atoms with van der Waals surface area (Å²) in [5, 5.41) is 0. The van der Waals surface area contributed by atoms with E-state index in [2.05, 4.69) is 0 Å². The van der Waals surface area contributed by atoms with Crippen molar-refractivity contribution in [2.75, 3.05) is 0 Å². The van der Waals surface area contributed by atoms with Crippen LogP contribution < -0.4 is 0 Å². The minimum absolute atomic E-state index is 1.16. The maximum atomic E-state index is 1.62. The average molecular weight is 192 g/mol. The maximum absolute atomic E-state index is 1.62. The highest BCUT2D eigenvalue weighted by Gasteiger charge is 2.38. The Balaban J connectivity index is 1.68. The molecule has 0 nitrogen and oxygen atoms in total. The highest BCUT2D eigenvalue weighted by Crippen LogP contribution is 2.49. The minimum Gasteiger partial charge on any atom is -0.0530 e. The summed E-state index contributed by atoms with van der Waals surface area (Å²) in [5.74, 6) is 4.62. The molecule has 3 saturated carbocycles. The Bertz CT molecular complexity index is 154. The molecule has 0 unspecified atom stereocenters. The molecule has 0 radical (unpaired) electrons. The molecule has 3 rings (SSSR count). The molecule has 3 aliphatic rings. The smallest absolute Gasteiger partial charge is 0.0383 e. The van der Waals surface area contributed by atoms with Gasteiger partial charge >= 0.3 is 0 Å². The molecule has 0 spiro atoms. The zero-order valence-electron chi connectivity index (χ0n) is 9.38. The molecule has 0 heteroatoms. The van der Waals surface area contributed by atoms with Crippen LogP contribution in [0.1, 0.15) is 64.2 Å². The lowest BCUT2D eigenvalue weighted by atomic mass is 9.60. The Hall–Kier alpha value is 0. The van der Waals surface area contributed by atoms with Crippen molar-refractivity contribution in [3.05, 3.63) is 0 Å². The van der Waals surface area contributed by atoms with Crippen LogP contribution in [0.3, 0.4) is 0 Å². The molecule has 14 heavy (non-hydrogen) atoms. The fraction of sp³-hybridized carbons (Fsp3) is 1.00. The summed E-state index contributed by atoms with van der Waals surface area (Å²) >= 11 is 0. The zero-order chi connectivity index (χ0) is 9.38. The predicted molar refractivity (Wildman–Crippen MR) is 60.1 cm³/mol. The Morgan fingerprint density at radius 1 is 0.429 bits per heavy atom. The van der Waals surface area contributed by atoms with Gasteiger partial charge in [0, 0.05) is 0 Å². The topological polar surface area (TPSA) is 0 Å². The second kappa shape index (κ2) is 3.87. The first-order valence-corrected chi connectivity index (χ1v) is 6.93. The Kier molecular flexibility index (Phi) is 2.55. The van der Waals surface area contributed by atoms with E-state index in [1.165, 1.54) is 0 Å². The predicted octanol–water partition coefficient (Wildman–Crippen LogP) is 4.39. The van der Waals surface area contributed by atoms with E-state index >= 15 is 0 Å². The Morgan fingerprint density at radius 2 is 0.714 bits per heavy atom. The van der Waals surface area contributed by atoms with E-state index in [4.69, 9.17) is 0 Å². The van der Waals surface area contributed by atoms with Crippen molar-refractivity contribution >= 4 is 0 Å². The Labute approximate surface area is 88.5 Å². The first-order chi connectivity index (χ1) is 6.93. The van der Waals surface area contributed by atoms with Gasteiger partial charge in [0.2, 0.25) is 0 Å². The van der Waals surface area contributed by atoms with Crippen LogP contribution >= 0.6 is 0 Å². The SMILES string of the molecule is C1CC[C@H]2C[C@H]3CCCC[C@H]3C[C@H]2C1. The van der Waals surface area contributed by atoms with Gasteiger partial charge < -0.3 is 0 Å². The number of hydrogen-bond acceptors (Lipinski definition) is 0. The largest absolute Gasteiger partial charge is 0.0530 e. The fourth-order valence-corrected chi connectivity index (χ4v) is 4.59. The minimum atomic E-state index is 1.16. The van der Waals surface area contributed by atoms with E-state index in [-0.39, 0.29) is 0 Å². The first kappa shape index (κ1) is 9.24. The van der Waals surface area contributed by atoms with Crippen LogP contribution in [0.4, 0.5) is 0 Å². The molecule has 3 aliphatic carbocycles. The van der Waals surface area contributed by atoms with Crippen LogP contribution in [-0.2, 0) is 0 Å². The highest BCUT2D eigenvalue weighted by molar-refractivity contribution is 4.89. The van der Waals surface area contributed by atoms with Crippen LogP contribution in [0.15, 0.2) is 0 Å². The molecular weight excluding hydrogens is 168 g/mol. The maximum Gasteiger partial charge on any atom is -0.0383 e. The van der Waals surface area contributed by atoms with Gasteiger partial charge in [0.25, 0.3) is 0 Å². The van der Waals surface area contributed by atoms with Gasteiger partial charge in [-0.05, 0) is 36.5 Å². The lowest BCUT2D eigenvalue weighted by molar-refractivity contribution is 0.0520. The molecular formula is C14H24. The van der Waals surface area contributed by atoms with Gasteiger partial charge in [-0.25, -0.2) is 0 Å².